The highest BCUT2D eigenvalue weighted by atomic mass is 32.3. The van der Waals surface area contributed by atoms with Gasteiger partial charge in [-0.3, -0.25) is 18.7 Å². The summed E-state index contributed by atoms with van der Waals surface area (Å²) in [6, 6.07) is 25.0. The second-order valence-corrected chi connectivity index (χ2v) is 12.9. The van der Waals surface area contributed by atoms with Crippen LogP contribution < -0.4 is 19.5 Å². The first-order valence-electron chi connectivity index (χ1n) is 14.9. The van der Waals surface area contributed by atoms with Crippen molar-refractivity contribution < 1.29 is 34.3 Å². The Labute approximate surface area is 279 Å². The van der Waals surface area contributed by atoms with E-state index in [1.807, 2.05) is 0 Å². The normalized spacial score (nSPS) is 12.0. The number of fused-ring (bicyclic) bond motifs is 2. The molecule has 6 rings (SSSR count). The first-order valence-corrected chi connectivity index (χ1v) is 17.5. The van der Waals surface area contributed by atoms with Gasteiger partial charge in [-0.25, -0.2) is 26.8 Å². The zero-order valence-electron chi connectivity index (χ0n) is 25.5. The van der Waals surface area contributed by atoms with E-state index in [-0.39, 0.29) is 47.4 Å². The average Bonchev–Trinajstić information content (AvgIpc) is 3.05. The minimum Gasteiger partial charge on any atom is -0.716 e. The Kier molecular flexibility index (Phi) is 9.29. The van der Waals surface area contributed by atoms with E-state index in [0.717, 1.165) is 0 Å². The zero-order valence-corrected chi connectivity index (χ0v) is 27.1. The summed E-state index contributed by atoms with van der Waals surface area (Å²) in [5, 5.41) is 0.769. The highest BCUT2D eigenvalue weighted by Crippen LogP contribution is 2.26. The van der Waals surface area contributed by atoms with Crippen LogP contribution in [-0.2, 0) is 33.9 Å². The van der Waals surface area contributed by atoms with E-state index in [1.165, 1.54) is 45.5 Å². The lowest BCUT2D eigenvalue weighted by molar-refractivity contribution is 0.370. The molecule has 2 aromatic heterocycles. The highest BCUT2D eigenvalue weighted by molar-refractivity contribution is 7.81. The number of hydrogen-bond acceptors (Lipinski definition) is 12. The lowest BCUT2D eigenvalue weighted by atomic mass is 10.1. The van der Waals surface area contributed by atoms with E-state index in [9.17, 15) is 35.5 Å². The summed E-state index contributed by atoms with van der Waals surface area (Å²) in [5.41, 5.74) is 0.946. The van der Waals surface area contributed by atoms with Gasteiger partial charge >= 0.3 is 0 Å². The van der Waals surface area contributed by atoms with Crippen LogP contribution in [0.5, 0.6) is 11.5 Å². The maximum atomic E-state index is 13.6. The molecular formula is C33H26N4O10S2-2. The van der Waals surface area contributed by atoms with E-state index < -0.39 is 20.8 Å². The van der Waals surface area contributed by atoms with E-state index in [4.69, 9.17) is 0 Å². The Bertz CT molecular complexity index is 2370. The van der Waals surface area contributed by atoms with Crippen LogP contribution in [-0.4, -0.2) is 45.0 Å². The Morgan fingerprint density at radius 1 is 0.551 bits per heavy atom. The summed E-state index contributed by atoms with van der Waals surface area (Å²) < 4.78 is 79.1. The molecule has 0 aliphatic heterocycles. The summed E-state index contributed by atoms with van der Waals surface area (Å²) in [7, 11) is -10.1. The van der Waals surface area contributed by atoms with Crippen molar-refractivity contribution in [3.8, 4) is 34.3 Å². The van der Waals surface area contributed by atoms with Gasteiger partial charge < -0.3 is 17.5 Å². The van der Waals surface area contributed by atoms with Gasteiger partial charge in [-0.2, -0.15) is 0 Å². The predicted molar refractivity (Wildman–Crippen MR) is 177 cm³/mol. The highest BCUT2D eigenvalue weighted by Gasteiger charge is 2.16. The van der Waals surface area contributed by atoms with Gasteiger partial charge in [-0.15, -0.1) is 0 Å². The van der Waals surface area contributed by atoms with Crippen molar-refractivity contribution in [2.24, 2.45) is 0 Å². The van der Waals surface area contributed by atoms with Crippen LogP contribution in [0.3, 0.4) is 0 Å². The molecule has 0 atom stereocenters. The molecule has 0 saturated heterocycles. The third-order valence-corrected chi connectivity index (χ3v) is 8.36. The van der Waals surface area contributed by atoms with E-state index in [2.05, 4.69) is 18.3 Å². The van der Waals surface area contributed by atoms with Crippen LogP contribution in [0, 0.1) is 0 Å². The van der Waals surface area contributed by atoms with E-state index in [1.54, 1.807) is 60.7 Å². The summed E-state index contributed by atoms with van der Waals surface area (Å²) >= 11 is 0. The monoisotopic (exact) mass is 702 g/mol. The molecule has 0 fully saturated rings. The number of aromatic nitrogens is 4. The molecule has 0 amide bonds. The molecule has 16 heteroatoms. The molecule has 0 aliphatic carbocycles. The summed E-state index contributed by atoms with van der Waals surface area (Å²) in [5.74, 6) is 0.0469. The van der Waals surface area contributed by atoms with Crippen molar-refractivity contribution >= 4 is 42.6 Å². The van der Waals surface area contributed by atoms with Crippen LogP contribution >= 0.6 is 0 Å². The SMILES string of the molecule is O=c1c2ccccc2nc(-c2cccc(OS(=O)(=O)[O-])c2)n1CCCCCn1c(-c2cccc(OS(=O)(=O)[O-])c2)nc2ccccc2c1=O. The van der Waals surface area contributed by atoms with Gasteiger partial charge in [-0.1, -0.05) is 48.5 Å². The van der Waals surface area contributed by atoms with Gasteiger partial charge in [0.25, 0.3) is 31.9 Å². The molecule has 2 heterocycles. The maximum Gasteiger partial charge on any atom is 0.262 e. The average molecular weight is 703 g/mol. The summed E-state index contributed by atoms with van der Waals surface area (Å²) in [6.45, 7) is 0.440. The Balaban J connectivity index is 1.27. The van der Waals surface area contributed by atoms with Crippen LogP contribution in [0.4, 0.5) is 0 Å². The third-order valence-electron chi connectivity index (χ3n) is 7.57. The number of unbranched alkanes of at least 4 members (excludes halogenated alkanes) is 2. The Morgan fingerprint density at radius 2 is 0.959 bits per heavy atom. The van der Waals surface area contributed by atoms with Gasteiger partial charge in [0.15, 0.2) is 0 Å². The largest absolute Gasteiger partial charge is 0.716 e. The zero-order chi connectivity index (χ0) is 34.8. The first-order chi connectivity index (χ1) is 23.4. The first kappa shape index (κ1) is 33.5. The van der Waals surface area contributed by atoms with Gasteiger partial charge in [0, 0.05) is 24.2 Å². The van der Waals surface area contributed by atoms with Crippen molar-refractivity contribution in [3.63, 3.8) is 0 Å². The van der Waals surface area contributed by atoms with Crippen molar-refractivity contribution in [2.75, 3.05) is 0 Å². The summed E-state index contributed by atoms with van der Waals surface area (Å²) in [4.78, 5) is 36.6. The van der Waals surface area contributed by atoms with Gasteiger partial charge in [0.1, 0.15) is 23.1 Å². The smallest absolute Gasteiger partial charge is 0.262 e. The quantitative estimate of drug-likeness (QED) is 0.101. The second-order valence-electron chi connectivity index (χ2n) is 10.9. The molecule has 252 valence electrons. The van der Waals surface area contributed by atoms with Crippen molar-refractivity contribution in [1.29, 1.82) is 0 Å². The minimum atomic E-state index is -5.03. The molecule has 0 spiro atoms. The molecule has 0 aliphatic rings. The Morgan fingerprint density at radius 3 is 1.37 bits per heavy atom. The molecule has 6 aromatic rings. The van der Waals surface area contributed by atoms with E-state index >= 15 is 0 Å². The summed E-state index contributed by atoms with van der Waals surface area (Å²) in [6.07, 6.45) is 1.51. The van der Waals surface area contributed by atoms with Crippen LogP contribution in [0.2, 0.25) is 0 Å². The number of para-hydroxylation sites is 2. The van der Waals surface area contributed by atoms with Gasteiger partial charge in [0.2, 0.25) is 0 Å². The molecule has 0 N–H and O–H groups in total. The van der Waals surface area contributed by atoms with Crippen molar-refractivity contribution in [1.82, 2.24) is 19.1 Å². The Hall–Kier alpha value is -5.42. The standard InChI is InChI=1S/C33H28N4O10S2/c38-32-26-14-2-4-16-28(26)34-30(22-10-8-12-24(20-22)46-48(40,41)42)36(32)18-6-1-7-19-37-31(35-29-17-5-3-15-27(29)33(37)39)23-11-9-13-25(21-23)47-49(43,44)45/h2-5,8-17,20-21H,1,6-7,18-19H2,(H,40,41,42)(H,43,44,45)/p-2. The maximum absolute atomic E-state index is 13.6. The molecular weight excluding hydrogens is 677 g/mol. The van der Waals surface area contributed by atoms with Crippen LogP contribution in [0.1, 0.15) is 19.3 Å². The van der Waals surface area contributed by atoms with Crippen LogP contribution in [0.15, 0.2) is 107 Å². The molecule has 0 unspecified atom stereocenters. The molecule has 0 saturated carbocycles. The van der Waals surface area contributed by atoms with Crippen molar-refractivity contribution in [3.05, 3.63) is 118 Å². The number of rotatable bonds is 12. The van der Waals surface area contributed by atoms with Gasteiger partial charge in [-0.05, 0) is 67.8 Å². The lowest BCUT2D eigenvalue weighted by Gasteiger charge is -2.16. The van der Waals surface area contributed by atoms with Crippen LogP contribution in [0.25, 0.3) is 44.6 Å². The third kappa shape index (κ3) is 7.84. The fourth-order valence-electron chi connectivity index (χ4n) is 5.52. The minimum absolute atomic E-state index is 0.220. The molecule has 4 aromatic carbocycles. The van der Waals surface area contributed by atoms with Gasteiger partial charge in [0.05, 0.1) is 21.8 Å². The molecule has 14 nitrogen and oxygen atoms in total. The second kappa shape index (κ2) is 13.6. The molecule has 0 radical (unpaired) electrons. The fraction of sp³-hybridized carbons (Fsp3) is 0.152. The number of benzene rings is 4. The van der Waals surface area contributed by atoms with E-state index in [0.29, 0.717) is 52.2 Å². The molecule has 49 heavy (non-hydrogen) atoms. The topological polar surface area (TPSA) is 203 Å². The fourth-order valence-corrected chi connectivity index (χ4v) is 6.20. The van der Waals surface area contributed by atoms with Crippen molar-refractivity contribution in [2.45, 2.75) is 32.4 Å². The molecule has 0 bridgehead atoms. The number of hydrogen-bond donors (Lipinski definition) is 0. The number of nitrogens with zero attached hydrogens (tertiary/aromatic N) is 4. The predicted octanol–water partition coefficient (Wildman–Crippen LogP) is 3.99. The lowest BCUT2D eigenvalue weighted by Crippen LogP contribution is -2.24.